The van der Waals surface area contributed by atoms with Crippen LogP contribution >= 0.6 is 0 Å². The van der Waals surface area contributed by atoms with Gasteiger partial charge in [0.25, 0.3) is 0 Å². The zero-order valence-corrected chi connectivity index (χ0v) is 11.2. The molecule has 0 saturated carbocycles. The number of hydrogen-bond donors (Lipinski definition) is 2. The maximum Gasteiger partial charge on any atom is 0.303 e. The van der Waals surface area contributed by atoms with Crippen molar-refractivity contribution in [2.24, 2.45) is 0 Å². The van der Waals surface area contributed by atoms with E-state index in [0.29, 0.717) is 13.0 Å². The van der Waals surface area contributed by atoms with Crippen molar-refractivity contribution in [3.05, 3.63) is 66.0 Å². The number of rotatable bonds is 7. The van der Waals surface area contributed by atoms with Crippen molar-refractivity contribution in [3.8, 4) is 0 Å². The van der Waals surface area contributed by atoms with Crippen molar-refractivity contribution >= 4 is 5.97 Å². The Balaban J connectivity index is 2.07. The van der Waals surface area contributed by atoms with Gasteiger partial charge < -0.3 is 10.4 Å². The van der Waals surface area contributed by atoms with Crippen LogP contribution in [0.4, 0.5) is 0 Å². The van der Waals surface area contributed by atoms with E-state index in [1.54, 1.807) is 6.20 Å². The summed E-state index contributed by atoms with van der Waals surface area (Å²) in [5, 5.41) is 12.1. The van der Waals surface area contributed by atoms with Crippen LogP contribution in [0.1, 0.15) is 30.1 Å². The number of benzene rings is 1. The standard InChI is InChI=1S/C16H18N2O2/c19-15(20)10-6-12-18-16(13-7-2-1-3-8-13)14-9-4-5-11-17-14/h1-5,7-9,11,16,18H,6,10,12H2,(H,19,20). The van der Waals surface area contributed by atoms with Gasteiger partial charge in [0.2, 0.25) is 0 Å². The Hall–Kier alpha value is -2.20. The predicted molar refractivity (Wildman–Crippen MR) is 77.4 cm³/mol. The molecule has 0 radical (unpaired) electrons. The number of aliphatic carboxylic acids is 1. The van der Waals surface area contributed by atoms with Crippen molar-refractivity contribution in [2.75, 3.05) is 6.54 Å². The van der Waals surface area contributed by atoms with E-state index < -0.39 is 5.97 Å². The summed E-state index contributed by atoms with van der Waals surface area (Å²) in [7, 11) is 0. The van der Waals surface area contributed by atoms with Gasteiger partial charge in [0.15, 0.2) is 0 Å². The molecule has 20 heavy (non-hydrogen) atoms. The summed E-state index contributed by atoms with van der Waals surface area (Å²) in [6.07, 6.45) is 2.55. The predicted octanol–water partition coefficient (Wildman–Crippen LogP) is 2.63. The fourth-order valence-corrected chi connectivity index (χ4v) is 2.07. The van der Waals surface area contributed by atoms with Crippen LogP contribution < -0.4 is 5.32 Å². The minimum absolute atomic E-state index is 0.00815. The molecular formula is C16H18N2O2. The van der Waals surface area contributed by atoms with Crippen LogP contribution in [0.3, 0.4) is 0 Å². The first kappa shape index (κ1) is 14.2. The number of carboxylic acids is 1. The largest absolute Gasteiger partial charge is 0.481 e. The lowest BCUT2D eigenvalue weighted by atomic mass is 10.0. The van der Waals surface area contributed by atoms with Gasteiger partial charge in [0.05, 0.1) is 11.7 Å². The summed E-state index contributed by atoms with van der Waals surface area (Å²) in [6.45, 7) is 0.641. The number of carbonyl (C=O) groups is 1. The Morgan fingerprint density at radius 3 is 2.55 bits per heavy atom. The average Bonchev–Trinajstić information content (AvgIpc) is 2.49. The first-order valence-electron chi connectivity index (χ1n) is 6.68. The van der Waals surface area contributed by atoms with Crippen LogP contribution in [0.25, 0.3) is 0 Å². The van der Waals surface area contributed by atoms with E-state index in [2.05, 4.69) is 10.3 Å². The number of pyridine rings is 1. The third-order valence-electron chi connectivity index (χ3n) is 3.03. The lowest BCUT2D eigenvalue weighted by Crippen LogP contribution is -2.24. The molecule has 1 heterocycles. The minimum Gasteiger partial charge on any atom is -0.481 e. The third kappa shape index (κ3) is 4.17. The Labute approximate surface area is 118 Å². The summed E-state index contributed by atoms with van der Waals surface area (Å²) in [6, 6.07) is 15.9. The van der Waals surface area contributed by atoms with Crippen molar-refractivity contribution in [2.45, 2.75) is 18.9 Å². The van der Waals surface area contributed by atoms with Gasteiger partial charge in [-0.05, 0) is 30.7 Å². The highest BCUT2D eigenvalue weighted by molar-refractivity contribution is 5.66. The summed E-state index contributed by atoms with van der Waals surface area (Å²) in [4.78, 5) is 14.9. The van der Waals surface area contributed by atoms with E-state index in [4.69, 9.17) is 5.11 Å². The second kappa shape index (κ2) is 7.40. The molecular weight excluding hydrogens is 252 g/mol. The van der Waals surface area contributed by atoms with Crippen LogP contribution in [0.2, 0.25) is 0 Å². The zero-order chi connectivity index (χ0) is 14.2. The van der Waals surface area contributed by atoms with Crippen molar-refractivity contribution in [1.82, 2.24) is 10.3 Å². The molecule has 2 aromatic rings. The highest BCUT2D eigenvalue weighted by atomic mass is 16.4. The molecule has 0 aliphatic rings. The van der Waals surface area contributed by atoms with E-state index in [1.807, 2.05) is 48.5 Å². The molecule has 0 saturated heterocycles. The van der Waals surface area contributed by atoms with Crippen molar-refractivity contribution in [3.63, 3.8) is 0 Å². The lowest BCUT2D eigenvalue weighted by molar-refractivity contribution is -0.137. The molecule has 0 amide bonds. The number of nitrogens with zero attached hydrogens (tertiary/aromatic N) is 1. The number of aromatic nitrogens is 1. The van der Waals surface area contributed by atoms with Crippen LogP contribution in [0, 0.1) is 0 Å². The van der Waals surface area contributed by atoms with Crippen molar-refractivity contribution < 1.29 is 9.90 Å². The lowest BCUT2D eigenvalue weighted by Gasteiger charge is -2.18. The second-order valence-corrected chi connectivity index (χ2v) is 4.55. The Morgan fingerprint density at radius 2 is 1.90 bits per heavy atom. The molecule has 2 rings (SSSR count). The quantitative estimate of drug-likeness (QED) is 0.759. The Kier molecular flexibility index (Phi) is 5.26. The molecule has 4 nitrogen and oxygen atoms in total. The van der Waals surface area contributed by atoms with Gasteiger partial charge in [-0.25, -0.2) is 0 Å². The normalized spacial score (nSPS) is 12.0. The molecule has 1 atom stereocenters. The van der Waals surface area contributed by atoms with E-state index in [-0.39, 0.29) is 12.5 Å². The summed E-state index contributed by atoms with van der Waals surface area (Å²) >= 11 is 0. The molecule has 0 aliphatic heterocycles. The molecule has 4 heteroatoms. The molecule has 1 unspecified atom stereocenters. The number of nitrogens with one attached hydrogen (secondary N) is 1. The van der Waals surface area contributed by atoms with E-state index in [9.17, 15) is 4.79 Å². The number of hydrogen-bond acceptors (Lipinski definition) is 3. The van der Waals surface area contributed by atoms with E-state index in [1.165, 1.54) is 0 Å². The SMILES string of the molecule is O=C(O)CCCNC(c1ccccc1)c1ccccn1. The molecule has 1 aromatic heterocycles. The highest BCUT2D eigenvalue weighted by Gasteiger charge is 2.14. The second-order valence-electron chi connectivity index (χ2n) is 4.55. The van der Waals surface area contributed by atoms with Gasteiger partial charge >= 0.3 is 5.97 Å². The first-order valence-corrected chi connectivity index (χ1v) is 6.68. The fraction of sp³-hybridized carbons (Fsp3) is 0.250. The van der Waals surface area contributed by atoms with Crippen LogP contribution in [-0.4, -0.2) is 22.6 Å². The smallest absolute Gasteiger partial charge is 0.303 e. The maximum absolute atomic E-state index is 10.5. The summed E-state index contributed by atoms with van der Waals surface area (Å²) < 4.78 is 0. The molecule has 0 fully saturated rings. The van der Waals surface area contributed by atoms with Crippen LogP contribution in [-0.2, 0) is 4.79 Å². The van der Waals surface area contributed by atoms with Crippen LogP contribution in [0.15, 0.2) is 54.7 Å². The van der Waals surface area contributed by atoms with Gasteiger partial charge in [-0.1, -0.05) is 36.4 Å². The molecule has 0 spiro atoms. The van der Waals surface area contributed by atoms with Gasteiger partial charge in [0, 0.05) is 12.6 Å². The minimum atomic E-state index is -0.763. The molecule has 2 N–H and O–H groups in total. The van der Waals surface area contributed by atoms with Gasteiger partial charge in [-0.3, -0.25) is 9.78 Å². The highest BCUT2D eigenvalue weighted by Crippen LogP contribution is 2.19. The van der Waals surface area contributed by atoms with Gasteiger partial charge in [-0.15, -0.1) is 0 Å². The maximum atomic E-state index is 10.5. The Morgan fingerprint density at radius 1 is 1.15 bits per heavy atom. The van der Waals surface area contributed by atoms with E-state index in [0.717, 1.165) is 11.3 Å². The third-order valence-corrected chi connectivity index (χ3v) is 3.03. The number of carboxylic acid groups (broad SMARTS) is 1. The molecule has 1 aromatic carbocycles. The Bertz CT molecular complexity index is 489. The average molecular weight is 270 g/mol. The van der Waals surface area contributed by atoms with Crippen LogP contribution in [0.5, 0.6) is 0 Å². The van der Waals surface area contributed by atoms with Gasteiger partial charge in [-0.2, -0.15) is 0 Å². The fourth-order valence-electron chi connectivity index (χ4n) is 2.07. The molecule has 104 valence electrons. The van der Waals surface area contributed by atoms with Crippen molar-refractivity contribution in [1.29, 1.82) is 0 Å². The molecule has 0 aliphatic carbocycles. The topological polar surface area (TPSA) is 62.2 Å². The first-order chi connectivity index (χ1) is 9.77. The van der Waals surface area contributed by atoms with Gasteiger partial charge in [0.1, 0.15) is 0 Å². The zero-order valence-electron chi connectivity index (χ0n) is 11.2. The summed E-state index contributed by atoms with van der Waals surface area (Å²) in [5.41, 5.74) is 2.07. The molecule has 0 bridgehead atoms. The summed E-state index contributed by atoms with van der Waals surface area (Å²) in [5.74, 6) is -0.763. The monoisotopic (exact) mass is 270 g/mol. The van der Waals surface area contributed by atoms with E-state index >= 15 is 0 Å².